The minimum Gasteiger partial charge on any atom is -0.223 e. The van der Waals surface area contributed by atoms with Gasteiger partial charge in [-0.1, -0.05) is 34.8 Å². The van der Waals surface area contributed by atoms with Gasteiger partial charge in [-0.2, -0.15) is 13.2 Å². The summed E-state index contributed by atoms with van der Waals surface area (Å²) in [5.41, 5.74) is -5.29. The van der Waals surface area contributed by atoms with Crippen LogP contribution in [0.3, 0.4) is 0 Å². The van der Waals surface area contributed by atoms with Gasteiger partial charge in [0.2, 0.25) is 9.84 Å². The fourth-order valence-electron chi connectivity index (χ4n) is 3.67. The van der Waals surface area contributed by atoms with Crippen LogP contribution in [0.25, 0.3) is 0 Å². The van der Waals surface area contributed by atoms with Crippen molar-refractivity contribution >= 4 is 54.5 Å². The molecule has 12 heteroatoms. The van der Waals surface area contributed by atoms with E-state index in [1.54, 1.807) is 0 Å². The van der Waals surface area contributed by atoms with E-state index in [0.29, 0.717) is 5.02 Å². The van der Waals surface area contributed by atoms with Gasteiger partial charge in [-0.15, -0.1) is 0 Å². The second-order valence-corrected chi connectivity index (χ2v) is 12.6. The number of hydrogen-bond donors (Lipinski definition) is 0. The minimum atomic E-state index is -5.41. The van der Waals surface area contributed by atoms with E-state index in [9.17, 15) is 30.0 Å². The van der Waals surface area contributed by atoms with Crippen molar-refractivity contribution < 1.29 is 30.0 Å². The molecule has 0 bridgehead atoms. The number of halogens is 6. The van der Waals surface area contributed by atoms with Crippen LogP contribution in [0.5, 0.6) is 0 Å². The molecule has 164 valence electrons. The molecule has 3 rings (SSSR count). The van der Waals surface area contributed by atoms with Gasteiger partial charge in [0, 0.05) is 15.1 Å². The summed E-state index contributed by atoms with van der Waals surface area (Å²) in [6.07, 6.45) is -0.708. The van der Waals surface area contributed by atoms with Gasteiger partial charge in [0.1, 0.15) is 4.75 Å². The number of alkyl halides is 3. The van der Waals surface area contributed by atoms with Gasteiger partial charge >= 0.3 is 5.51 Å². The highest BCUT2D eigenvalue weighted by Gasteiger charge is 2.59. The third-order valence-corrected chi connectivity index (χ3v) is 10.0. The molecule has 0 N–H and O–H groups in total. The molecule has 2 aromatic carbocycles. The van der Waals surface area contributed by atoms with Gasteiger partial charge in [-0.05, 0) is 66.8 Å². The molecule has 2 aromatic rings. The molecule has 0 aliphatic heterocycles. The highest BCUT2D eigenvalue weighted by Crippen LogP contribution is 2.56. The topological polar surface area (TPSA) is 68.3 Å². The summed E-state index contributed by atoms with van der Waals surface area (Å²) in [6, 6.07) is 9.46. The lowest BCUT2D eigenvalue weighted by molar-refractivity contribution is -0.0442. The molecule has 4 nitrogen and oxygen atoms in total. The zero-order valence-corrected chi connectivity index (χ0v) is 18.9. The highest BCUT2D eigenvalue weighted by atomic mass is 35.5. The summed E-state index contributed by atoms with van der Waals surface area (Å²) in [7, 11) is -9.57. The van der Waals surface area contributed by atoms with Crippen molar-refractivity contribution in [2.45, 2.75) is 28.0 Å². The Balaban J connectivity index is 2.07. The Morgan fingerprint density at radius 3 is 1.97 bits per heavy atom. The van der Waals surface area contributed by atoms with E-state index < -0.39 is 41.6 Å². The average Bonchev–Trinajstić information content (AvgIpc) is 2.59. The van der Waals surface area contributed by atoms with Crippen molar-refractivity contribution in [3.8, 4) is 0 Å². The second-order valence-electron chi connectivity index (χ2n) is 7.08. The van der Waals surface area contributed by atoms with Crippen LogP contribution < -0.4 is 0 Å². The standard InChI is InChI=1S/C18H14Cl3F3O4S2/c19-12-1-4-14(5-2-12)30(27,28)17(15-7-13(20)3-6-16(15)21)8-11(9-17)10-29(25,26)18(22,23)24/h1-7,11H,8-10H2. The molecule has 0 aromatic heterocycles. The number of rotatable bonds is 5. The third-order valence-electron chi connectivity index (χ3n) is 5.10. The highest BCUT2D eigenvalue weighted by molar-refractivity contribution is 7.93. The first-order chi connectivity index (χ1) is 13.7. The molecule has 1 saturated carbocycles. The largest absolute Gasteiger partial charge is 0.497 e. The first-order valence-corrected chi connectivity index (χ1v) is 12.7. The SMILES string of the molecule is O=S(=O)(CC1CC(c2cc(Cl)ccc2Cl)(S(=O)(=O)c2ccc(Cl)cc2)C1)C(F)(F)F. The lowest BCUT2D eigenvalue weighted by Crippen LogP contribution is -2.50. The van der Waals surface area contributed by atoms with E-state index in [-0.39, 0.29) is 33.3 Å². The molecule has 1 aliphatic rings. The maximum absolute atomic E-state index is 13.5. The summed E-state index contributed by atoms with van der Waals surface area (Å²) in [5.74, 6) is -2.22. The molecule has 0 unspecified atom stereocenters. The number of benzene rings is 2. The summed E-state index contributed by atoms with van der Waals surface area (Å²) in [4.78, 5) is -0.111. The molecular formula is C18H14Cl3F3O4S2. The van der Waals surface area contributed by atoms with Crippen LogP contribution in [0.2, 0.25) is 15.1 Å². The van der Waals surface area contributed by atoms with Crippen LogP contribution in [0.4, 0.5) is 13.2 Å². The molecule has 0 amide bonds. The maximum atomic E-state index is 13.5. The molecule has 0 heterocycles. The van der Waals surface area contributed by atoms with Gasteiger partial charge in [-0.25, -0.2) is 16.8 Å². The minimum absolute atomic E-state index is 0.0640. The zero-order chi connectivity index (χ0) is 22.5. The van der Waals surface area contributed by atoms with Crippen molar-refractivity contribution in [2.24, 2.45) is 5.92 Å². The van der Waals surface area contributed by atoms with Crippen LogP contribution in [0.1, 0.15) is 18.4 Å². The van der Waals surface area contributed by atoms with Crippen molar-refractivity contribution in [2.75, 3.05) is 5.75 Å². The normalized spacial score (nSPS) is 22.5. The number of hydrogen-bond acceptors (Lipinski definition) is 4. The van der Waals surface area contributed by atoms with Crippen LogP contribution in [-0.2, 0) is 24.4 Å². The molecule has 1 fully saturated rings. The van der Waals surface area contributed by atoms with E-state index in [0.717, 1.165) is 0 Å². The lowest BCUT2D eigenvalue weighted by atomic mass is 9.71. The maximum Gasteiger partial charge on any atom is 0.497 e. The van der Waals surface area contributed by atoms with Crippen molar-refractivity contribution in [3.05, 3.63) is 63.1 Å². The van der Waals surface area contributed by atoms with Gasteiger partial charge in [-0.3, -0.25) is 0 Å². The summed E-state index contributed by atoms with van der Waals surface area (Å²) in [6.45, 7) is 0. The van der Waals surface area contributed by atoms with Crippen molar-refractivity contribution in [3.63, 3.8) is 0 Å². The Kier molecular flexibility index (Phi) is 6.19. The van der Waals surface area contributed by atoms with E-state index >= 15 is 0 Å². The van der Waals surface area contributed by atoms with Crippen LogP contribution in [0, 0.1) is 5.92 Å². The molecule has 0 spiro atoms. The molecule has 0 radical (unpaired) electrons. The molecule has 0 saturated heterocycles. The average molecular weight is 522 g/mol. The molecule has 1 aliphatic carbocycles. The Morgan fingerprint density at radius 2 is 1.43 bits per heavy atom. The Bertz CT molecular complexity index is 1170. The number of sulfone groups is 2. The quantitative estimate of drug-likeness (QED) is 0.509. The van der Waals surface area contributed by atoms with E-state index in [1.165, 1.54) is 42.5 Å². The van der Waals surface area contributed by atoms with E-state index in [4.69, 9.17) is 34.8 Å². The van der Waals surface area contributed by atoms with E-state index in [2.05, 4.69) is 0 Å². The lowest BCUT2D eigenvalue weighted by Gasteiger charge is -2.47. The van der Waals surface area contributed by atoms with Gasteiger partial charge in [0.15, 0.2) is 9.84 Å². The third kappa shape index (κ3) is 4.07. The Hall–Kier alpha value is -1.00. The second kappa shape index (κ2) is 7.85. The van der Waals surface area contributed by atoms with Gasteiger partial charge in [0.05, 0.1) is 10.6 Å². The summed E-state index contributed by atoms with van der Waals surface area (Å²) < 4.78 is 86.7. The predicted molar refractivity (Wildman–Crippen MR) is 109 cm³/mol. The first-order valence-electron chi connectivity index (χ1n) is 8.44. The fraction of sp³-hybridized carbons (Fsp3) is 0.333. The zero-order valence-electron chi connectivity index (χ0n) is 15.0. The predicted octanol–water partition coefficient (Wildman–Crippen LogP) is 5.66. The fourth-order valence-corrected chi connectivity index (χ4v) is 7.68. The van der Waals surface area contributed by atoms with Crippen molar-refractivity contribution in [1.82, 2.24) is 0 Å². The van der Waals surface area contributed by atoms with Crippen LogP contribution >= 0.6 is 34.8 Å². The monoisotopic (exact) mass is 520 g/mol. The van der Waals surface area contributed by atoms with Crippen LogP contribution in [-0.4, -0.2) is 28.1 Å². The Labute approximate surface area is 186 Å². The van der Waals surface area contributed by atoms with Crippen LogP contribution in [0.15, 0.2) is 47.4 Å². The Morgan fingerprint density at radius 1 is 0.900 bits per heavy atom. The molecular weight excluding hydrogens is 508 g/mol. The smallest absolute Gasteiger partial charge is 0.223 e. The van der Waals surface area contributed by atoms with E-state index in [1.807, 2.05) is 0 Å². The van der Waals surface area contributed by atoms with Gasteiger partial charge < -0.3 is 0 Å². The summed E-state index contributed by atoms with van der Waals surface area (Å²) in [5, 5.41) is 0.548. The van der Waals surface area contributed by atoms with Gasteiger partial charge in [0.25, 0.3) is 0 Å². The molecule has 0 atom stereocenters. The van der Waals surface area contributed by atoms with Crippen molar-refractivity contribution in [1.29, 1.82) is 0 Å². The molecule has 30 heavy (non-hydrogen) atoms. The summed E-state index contributed by atoms with van der Waals surface area (Å²) >= 11 is 18.0. The first kappa shape index (κ1) is 23.7.